The first-order valence-corrected chi connectivity index (χ1v) is 5.38. The maximum atomic E-state index is 11.4. The molecule has 0 saturated carbocycles. The number of thioether (sulfide) groups is 1. The smallest absolute Gasteiger partial charge is 0.224 e. The molecule has 1 fully saturated rings. The number of carbonyl (C=O) groups excluding carboxylic acids is 1. The average molecular weight is 189 g/mol. The lowest BCUT2D eigenvalue weighted by Crippen LogP contribution is -2.39. The van der Waals surface area contributed by atoms with Gasteiger partial charge in [0.15, 0.2) is 0 Å². The summed E-state index contributed by atoms with van der Waals surface area (Å²) in [6.07, 6.45) is 0.981. The van der Waals surface area contributed by atoms with Gasteiger partial charge in [-0.15, -0.1) is 0 Å². The summed E-state index contributed by atoms with van der Waals surface area (Å²) in [6, 6.07) is -0.108. The van der Waals surface area contributed by atoms with Crippen LogP contribution in [-0.2, 0) is 4.79 Å². The number of amides is 1. The number of hydrogen-bond donors (Lipinski definition) is 2. The van der Waals surface area contributed by atoms with Gasteiger partial charge in [-0.1, -0.05) is 0 Å². The minimum Gasteiger partial charge on any atom is -0.394 e. The first-order valence-electron chi connectivity index (χ1n) is 4.23. The van der Waals surface area contributed by atoms with Crippen LogP contribution < -0.4 is 5.32 Å². The number of rotatable bonds is 3. The number of hydrogen-bond acceptors (Lipinski definition) is 3. The molecule has 3 nitrogen and oxygen atoms in total. The lowest BCUT2D eigenvalue weighted by Gasteiger charge is -2.13. The van der Waals surface area contributed by atoms with E-state index in [9.17, 15) is 4.79 Å². The van der Waals surface area contributed by atoms with Crippen LogP contribution in [0.25, 0.3) is 0 Å². The SMILES string of the molecule is C[C@@H](CO)NC(=O)C1CCSC1. The predicted molar refractivity (Wildman–Crippen MR) is 50.1 cm³/mol. The first kappa shape index (κ1) is 9.86. The van der Waals surface area contributed by atoms with E-state index in [1.807, 2.05) is 11.8 Å². The largest absolute Gasteiger partial charge is 0.394 e. The molecule has 1 rings (SSSR count). The Balaban J connectivity index is 2.27. The maximum Gasteiger partial charge on any atom is 0.224 e. The third-order valence-corrected chi connectivity index (χ3v) is 3.13. The summed E-state index contributed by atoms with van der Waals surface area (Å²) >= 11 is 1.82. The van der Waals surface area contributed by atoms with Gasteiger partial charge in [0.2, 0.25) is 5.91 Å². The van der Waals surface area contributed by atoms with E-state index < -0.39 is 0 Å². The highest BCUT2D eigenvalue weighted by molar-refractivity contribution is 7.99. The van der Waals surface area contributed by atoms with E-state index in [4.69, 9.17) is 5.11 Å². The molecule has 1 aliphatic heterocycles. The Morgan fingerprint density at radius 2 is 2.58 bits per heavy atom. The normalized spacial score (nSPS) is 25.3. The van der Waals surface area contributed by atoms with Crippen molar-refractivity contribution in [3.05, 3.63) is 0 Å². The van der Waals surface area contributed by atoms with Crippen LogP contribution in [0.4, 0.5) is 0 Å². The Hall–Kier alpha value is -0.220. The van der Waals surface area contributed by atoms with Crippen molar-refractivity contribution in [3.63, 3.8) is 0 Å². The summed E-state index contributed by atoms with van der Waals surface area (Å²) in [5.74, 6) is 2.29. The molecule has 0 aromatic carbocycles. The van der Waals surface area contributed by atoms with Gasteiger partial charge in [-0.3, -0.25) is 4.79 Å². The molecule has 1 heterocycles. The highest BCUT2D eigenvalue weighted by Gasteiger charge is 2.23. The quantitative estimate of drug-likeness (QED) is 0.668. The summed E-state index contributed by atoms with van der Waals surface area (Å²) in [4.78, 5) is 11.4. The van der Waals surface area contributed by atoms with Crippen molar-refractivity contribution in [1.82, 2.24) is 5.32 Å². The fourth-order valence-electron chi connectivity index (χ4n) is 1.15. The third-order valence-electron chi connectivity index (χ3n) is 1.96. The average Bonchev–Trinajstić information content (AvgIpc) is 2.56. The Morgan fingerprint density at radius 3 is 3.08 bits per heavy atom. The van der Waals surface area contributed by atoms with Gasteiger partial charge in [-0.05, 0) is 19.1 Å². The van der Waals surface area contributed by atoms with E-state index in [1.54, 1.807) is 6.92 Å². The van der Waals surface area contributed by atoms with Crippen molar-refractivity contribution < 1.29 is 9.90 Å². The molecule has 0 aromatic rings. The number of aliphatic hydroxyl groups is 1. The zero-order chi connectivity index (χ0) is 8.97. The Bertz CT molecular complexity index is 157. The van der Waals surface area contributed by atoms with Crippen molar-refractivity contribution in [2.75, 3.05) is 18.1 Å². The molecule has 4 heteroatoms. The van der Waals surface area contributed by atoms with E-state index in [0.717, 1.165) is 17.9 Å². The molecule has 70 valence electrons. The second kappa shape index (κ2) is 4.72. The minimum absolute atomic E-state index is 0.0194. The maximum absolute atomic E-state index is 11.4. The van der Waals surface area contributed by atoms with Crippen molar-refractivity contribution >= 4 is 17.7 Å². The van der Waals surface area contributed by atoms with E-state index in [2.05, 4.69) is 5.32 Å². The molecular weight excluding hydrogens is 174 g/mol. The molecular formula is C8H15NO2S. The lowest BCUT2D eigenvalue weighted by molar-refractivity contribution is -0.125. The van der Waals surface area contributed by atoms with Crippen molar-refractivity contribution in [1.29, 1.82) is 0 Å². The summed E-state index contributed by atoms with van der Waals surface area (Å²) in [5.41, 5.74) is 0. The second-order valence-corrected chi connectivity index (χ2v) is 4.30. The van der Waals surface area contributed by atoms with E-state index >= 15 is 0 Å². The monoisotopic (exact) mass is 189 g/mol. The van der Waals surface area contributed by atoms with Crippen molar-refractivity contribution in [3.8, 4) is 0 Å². The molecule has 1 aliphatic rings. The molecule has 0 radical (unpaired) electrons. The number of nitrogens with one attached hydrogen (secondary N) is 1. The summed E-state index contributed by atoms with van der Waals surface area (Å²) in [5, 5.41) is 11.5. The fourth-order valence-corrected chi connectivity index (χ4v) is 2.37. The Labute approximate surface area is 76.9 Å². The van der Waals surface area contributed by atoms with Crippen LogP contribution in [-0.4, -0.2) is 35.2 Å². The van der Waals surface area contributed by atoms with Gasteiger partial charge in [0.25, 0.3) is 0 Å². The van der Waals surface area contributed by atoms with Crippen molar-refractivity contribution in [2.45, 2.75) is 19.4 Å². The number of carbonyl (C=O) groups is 1. The predicted octanol–water partition coefficient (Wildman–Crippen LogP) is 0.237. The highest BCUT2D eigenvalue weighted by atomic mass is 32.2. The molecule has 2 N–H and O–H groups in total. The van der Waals surface area contributed by atoms with Crippen LogP contribution >= 0.6 is 11.8 Å². The summed E-state index contributed by atoms with van der Waals surface area (Å²) in [7, 11) is 0. The fraction of sp³-hybridized carbons (Fsp3) is 0.875. The van der Waals surface area contributed by atoms with Crippen LogP contribution in [0, 0.1) is 5.92 Å². The molecule has 0 aliphatic carbocycles. The van der Waals surface area contributed by atoms with E-state index in [-0.39, 0.29) is 24.5 Å². The standard InChI is InChI=1S/C8H15NO2S/c1-6(4-10)9-8(11)7-2-3-12-5-7/h6-7,10H,2-5H2,1H3,(H,9,11)/t6-,7?/m0/s1. The topological polar surface area (TPSA) is 49.3 Å². The number of aliphatic hydroxyl groups excluding tert-OH is 1. The third kappa shape index (κ3) is 2.68. The first-order chi connectivity index (χ1) is 5.74. The molecule has 1 saturated heterocycles. The van der Waals surface area contributed by atoms with Crippen molar-refractivity contribution in [2.24, 2.45) is 5.92 Å². The highest BCUT2D eigenvalue weighted by Crippen LogP contribution is 2.23. The molecule has 1 unspecified atom stereocenters. The van der Waals surface area contributed by atoms with Crippen LogP contribution in [0.3, 0.4) is 0 Å². The van der Waals surface area contributed by atoms with Gasteiger partial charge in [0.1, 0.15) is 0 Å². The zero-order valence-corrected chi connectivity index (χ0v) is 8.06. The molecule has 1 amide bonds. The van der Waals surface area contributed by atoms with Crippen LogP contribution in [0.15, 0.2) is 0 Å². The zero-order valence-electron chi connectivity index (χ0n) is 7.25. The van der Waals surface area contributed by atoms with E-state index in [0.29, 0.717) is 0 Å². The molecule has 12 heavy (non-hydrogen) atoms. The van der Waals surface area contributed by atoms with Gasteiger partial charge < -0.3 is 10.4 Å². The van der Waals surface area contributed by atoms with Gasteiger partial charge in [0, 0.05) is 17.7 Å². The Morgan fingerprint density at radius 1 is 1.83 bits per heavy atom. The van der Waals surface area contributed by atoms with Crippen LogP contribution in [0.5, 0.6) is 0 Å². The van der Waals surface area contributed by atoms with Gasteiger partial charge in [0.05, 0.1) is 6.61 Å². The molecule has 2 atom stereocenters. The van der Waals surface area contributed by atoms with Gasteiger partial charge >= 0.3 is 0 Å². The molecule has 0 bridgehead atoms. The van der Waals surface area contributed by atoms with E-state index in [1.165, 1.54) is 0 Å². The van der Waals surface area contributed by atoms with Crippen LogP contribution in [0.1, 0.15) is 13.3 Å². The van der Waals surface area contributed by atoms with Crippen LogP contribution in [0.2, 0.25) is 0 Å². The molecule has 0 spiro atoms. The summed E-state index contributed by atoms with van der Waals surface area (Å²) in [6.45, 7) is 1.82. The lowest BCUT2D eigenvalue weighted by atomic mass is 10.1. The Kier molecular flexibility index (Phi) is 3.88. The minimum atomic E-state index is -0.108. The van der Waals surface area contributed by atoms with Gasteiger partial charge in [-0.2, -0.15) is 11.8 Å². The summed E-state index contributed by atoms with van der Waals surface area (Å²) < 4.78 is 0. The second-order valence-electron chi connectivity index (χ2n) is 3.15. The molecule has 0 aromatic heterocycles. The van der Waals surface area contributed by atoms with Gasteiger partial charge in [-0.25, -0.2) is 0 Å².